The van der Waals surface area contributed by atoms with Gasteiger partial charge in [-0.25, -0.2) is 0 Å². The predicted octanol–water partition coefficient (Wildman–Crippen LogP) is 1.63. The van der Waals surface area contributed by atoms with E-state index in [1.54, 1.807) is 7.11 Å². The van der Waals surface area contributed by atoms with Gasteiger partial charge in [-0.3, -0.25) is 0 Å². The van der Waals surface area contributed by atoms with Crippen molar-refractivity contribution in [2.45, 2.75) is 6.42 Å². The molecule has 3 nitrogen and oxygen atoms in total. The zero-order chi connectivity index (χ0) is 9.97. The van der Waals surface area contributed by atoms with E-state index in [4.69, 9.17) is 15.2 Å². The normalized spacial score (nSPS) is 18.4. The first-order valence-corrected chi connectivity index (χ1v) is 4.83. The van der Waals surface area contributed by atoms with Crippen molar-refractivity contribution >= 4 is 12.4 Å². The Morgan fingerprint density at radius 1 is 1.53 bits per heavy atom. The Balaban J connectivity index is 0.00000112. The third kappa shape index (κ3) is 2.55. The highest BCUT2D eigenvalue weighted by Gasteiger charge is 2.18. The van der Waals surface area contributed by atoms with Crippen molar-refractivity contribution in [3.8, 4) is 11.5 Å². The first-order valence-electron chi connectivity index (χ1n) is 4.83. The molecule has 15 heavy (non-hydrogen) atoms. The fraction of sp³-hybridized carbons (Fsp3) is 0.455. The third-order valence-electron chi connectivity index (χ3n) is 2.58. The Bertz CT molecular complexity index is 330. The standard InChI is InChI=1S/C11H15NO2.ClH/c1-13-10-2-3-11-9(5-10)4-8(6-12)7-14-11;/h2-3,5,8H,4,6-7,12H2,1H3;1H. The van der Waals surface area contributed by atoms with E-state index in [0.717, 1.165) is 24.5 Å². The van der Waals surface area contributed by atoms with E-state index in [2.05, 4.69) is 0 Å². The third-order valence-corrected chi connectivity index (χ3v) is 2.58. The molecule has 0 radical (unpaired) electrons. The van der Waals surface area contributed by atoms with E-state index in [1.807, 2.05) is 18.2 Å². The topological polar surface area (TPSA) is 44.5 Å². The molecule has 1 aliphatic rings. The predicted molar refractivity (Wildman–Crippen MR) is 62.0 cm³/mol. The Hall–Kier alpha value is -0.930. The van der Waals surface area contributed by atoms with Crippen LogP contribution < -0.4 is 15.2 Å². The summed E-state index contributed by atoms with van der Waals surface area (Å²) < 4.78 is 10.8. The highest BCUT2D eigenvalue weighted by atomic mass is 35.5. The van der Waals surface area contributed by atoms with Gasteiger partial charge in [0.25, 0.3) is 0 Å². The van der Waals surface area contributed by atoms with Gasteiger partial charge in [-0.15, -0.1) is 12.4 Å². The molecule has 0 saturated carbocycles. The molecule has 2 rings (SSSR count). The van der Waals surface area contributed by atoms with Crippen molar-refractivity contribution in [2.75, 3.05) is 20.3 Å². The average Bonchev–Trinajstić information content (AvgIpc) is 2.27. The molecule has 4 heteroatoms. The van der Waals surface area contributed by atoms with Crippen LogP contribution in [0.4, 0.5) is 0 Å². The van der Waals surface area contributed by atoms with Gasteiger partial charge in [0.05, 0.1) is 13.7 Å². The maximum absolute atomic E-state index is 5.62. The molecule has 2 N–H and O–H groups in total. The molecule has 1 atom stereocenters. The first-order chi connectivity index (χ1) is 6.83. The summed E-state index contributed by atoms with van der Waals surface area (Å²) in [6.07, 6.45) is 0.989. The van der Waals surface area contributed by atoms with Gasteiger partial charge in [-0.2, -0.15) is 0 Å². The van der Waals surface area contributed by atoms with Crippen LogP contribution in [0, 0.1) is 5.92 Å². The van der Waals surface area contributed by atoms with E-state index in [0.29, 0.717) is 12.5 Å². The molecular weight excluding hydrogens is 214 g/mol. The molecule has 1 heterocycles. The second-order valence-corrected chi connectivity index (χ2v) is 3.59. The smallest absolute Gasteiger partial charge is 0.122 e. The molecule has 1 aliphatic heterocycles. The van der Waals surface area contributed by atoms with Crippen LogP contribution >= 0.6 is 12.4 Å². The lowest BCUT2D eigenvalue weighted by atomic mass is 9.97. The SMILES string of the molecule is COc1ccc2c(c1)CC(CN)CO2.Cl. The van der Waals surface area contributed by atoms with Gasteiger partial charge < -0.3 is 15.2 Å². The van der Waals surface area contributed by atoms with Crippen LogP contribution in [0.2, 0.25) is 0 Å². The summed E-state index contributed by atoms with van der Waals surface area (Å²) in [7, 11) is 1.67. The number of halogens is 1. The summed E-state index contributed by atoms with van der Waals surface area (Å²) in [6.45, 7) is 1.41. The van der Waals surface area contributed by atoms with E-state index < -0.39 is 0 Å². The molecule has 0 bridgehead atoms. The highest BCUT2D eigenvalue weighted by Crippen LogP contribution is 2.30. The second kappa shape index (κ2) is 5.24. The second-order valence-electron chi connectivity index (χ2n) is 3.59. The van der Waals surface area contributed by atoms with Crippen LogP contribution in [0.1, 0.15) is 5.56 Å². The first kappa shape index (κ1) is 12.1. The summed E-state index contributed by atoms with van der Waals surface area (Å²) in [5.74, 6) is 2.29. The van der Waals surface area contributed by atoms with Crippen molar-refractivity contribution < 1.29 is 9.47 Å². The Morgan fingerprint density at radius 2 is 2.33 bits per heavy atom. The minimum atomic E-state index is 0. The zero-order valence-electron chi connectivity index (χ0n) is 8.73. The van der Waals surface area contributed by atoms with E-state index >= 15 is 0 Å². The van der Waals surface area contributed by atoms with Crippen molar-refractivity contribution in [1.29, 1.82) is 0 Å². The van der Waals surface area contributed by atoms with E-state index in [-0.39, 0.29) is 12.4 Å². The molecule has 1 aromatic rings. The number of methoxy groups -OCH3 is 1. The Morgan fingerprint density at radius 3 is 3.00 bits per heavy atom. The summed E-state index contributed by atoms with van der Waals surface area (Å²) in [6, 6.07) is 5.90. The molecule has 0 spiro atoms. The Kier molecular flexibility index (Phi) is 4.24. The number of fused-ring (bicyclic) bond motifs is 1. The zero-order valence-corrected chi connectivity index (χ0v) is 9.55. The van der Waals surface area contributed by atoms with Gasteiger partial charge in [0.1, 0.15) is 11.5 Å². The summed E-state index contributed by atoms with van der Waals surface area (Å²) in [5, 5.41) is 0. The molecule has 0 aromatic heterocycles. The lowest BCUT2D eigenvalue weighted by Gasteiger charge is -2.24. The quantitative estimate of drug-likeness (QED) is 0.839. The lowest BCUT2D eigenvalue weighted by molar-refractivity contribution is 0.226. The highest BCUT2D eigenvalue weighted by molar-refractivity contribution is 5.85. The fourth-order valence-electron chi connectivity index (χ4n) is 1.71. The molecule has 0 saturated heterocycles. The van der Waals surface area contributed by atoms with Crippen LogP contribution in [0.25, 0.3) is 0 Å². The maximum atomic E-state index is 5.62. The maximum Gasteiger partial charge on any atom is 0.122 e. The number of hydrogen-bond acceptors (Lipinski definition) is 3. The number of ether oxygens (including phenoxy) is 2. The molecule has 1 unspecified atom stereocenters. The lowest BCUT2D eigenvalue weighted by Crippen LogP contribution is -2.27. The van der Waals surface area contributed by atoms with E-state index in [1.165, 1.54) is 5.56 Å². The number of hydrogen-bond donors (Lipinski definition) is 1. The molecule has 84 valence electrons. The van der Waals surface area contributed by atoms with Crippen molar-refractivity contribution in [1.82, 2.24) is 0 Å². The van der Waals surface area contributed by atoms with Gasteiger partial charge in [0.2, 0.25) is 0 Å². The van der Waals surface area contributed by atoms with Gasteiger partial charge in [0, 0.05) is 5.92 Å². The van der Waals surface area contributed by atoms with Crippen LogP contribution in [0.5, 0.6) is 11.5 Å². The van der Waals surface area contributed by atoms with Gasteiger partial charge in [-0.1, -0.05) is 0 Å². The largest absolute Gasteiger partial charge is 0.497 e. The fourth-order valence-corrected chi connectivity index (χ4v) is 1.71. The minimum Gasteiger partial charge on any atom is -0.497 e. The monoisotopic (exact) mass is 229 g/mol. The molecular formula is C11H16ClNO2. The van der Waals surface area contributed by atoms with E-state index in [9.17, 15) is 0 Å². The molecule has 0 fully saturated rings. The van der Waals surface area contributed by atoms with Crippen LogP contribution in [0.3, 0.4) is 0 Å². The summed E-state index contributed by atoms with van der Waals surface area (Å²) in [5.41, 5.74) is 6.82. The van der Waals surface area contributed by atoms with Gasteiger partial charge in [-0.05, 0) is 36.7 Å². The van der Waals surface area contributed by atoms with Gasteiger partial charge >= 0.3 is 0 Å². The average molecular weight is 230 g/mol. The number of benzene rings is 1. The van der Waals surface area contributed by atoms with Crippen molar-refractivity contribution in [2.24, 2.45) is 11.7 Å². The number of nitrogens with two attached hydrogens (primary N) is 1. The number of rotatable bonds is 2. The van der Waals surface area contributed by atoms with Crippen LogP contribution in [-0.4, -0.2) is 20.3 Å². The van der Waals surface area contributed by atoms with Gasteiger partial charge in [0.15, 0.2) is 0 Å². The Labute approximate surface area is 96.0 Å². The summed E-state index contributed by atoms with van der Waals surface area (Å²) in [4.78, 5) is 0. The van der Waals surface area contributed by atoms with Crippen LogP contribution in [0.15, 0.2) is 18.2 Å². The van der Waals surface area contributed by atoms with Crippen molar-refractivity contribution in [3.05, 3.63) is 23.8 Å². The molecule has 1 aromatic carbocycles. The minimum absolute atomic E-state index is 0. The summed E-state index contributed by atoms with van der Waals surface area (Å²) >= 11 is 0. The van der Waals surface area contributed by atoms with Crippen molar-refractivity contribution in [3.63, 3.8) is 0 Å². The molecule has 0 amide bonds. The van der Waals surface area contributed by atoms with Crippen LogP contribution in [-0.2, 0) is 6.42 Å². The molecule has 0 aliphatic carbocycles.